The molecule has 0 spiro atoms. The lowest BCUT2D eigenvalue weighted by Crippen LogP contribution is -2.05. The molecule has 0 saturated heterocycles. The predicted molar refractivity (Wildman–Crippen MR) is 94.9 cm³/mol. The highest BCUT2D eigenvalue weighted by Crippen LogP contribution is 2.27. The van der Waals surface area contributed by atoms with Gasteiger partial charge in [0.05, 0.1) is 0 Å². The zero-order valence-corrected chi connectivity index (χ0v) is 14.3. The average molecular weight is 312 g/mol. The summed E-state index contributed by atoms with van der Waals surface area (Å²) in [6, 6.07) is 8.12. The second kappa shape index (κ2) is 9.29. The highest BCUT2D eigenvalue weighted by molar-refractivity contribution is 5.96. The van der Waals surface area contributed by atoms with Gasteiger partial charge in [0.15, 0.2) is 5.78 Å². The molecule has 1 aromatic heterocycles. The minimum atomic E-state index is 0.262. The molecule has 23 heavy (non-hydrogen) atoms. The number of carbonyl (C=O) groups excluding carboxylic acids is 1. The molecule has 0 radical (unpaired) electrons. The zero-order valence-electron chi connectivity index (χ0n) is 14.3. The van der Waals surface area contributed by atoms with E-state index in [1.54, 1.807) is 6.20 Å². The molecule has 2 rings (SSSR count). The second-order valence-corrected chi connectivity index (χ2v) is 6.17. The first kappa shape index (κ1) is 17.5. The number of aromatic nitrogens is 2. The normalized spacial score (nSPS) is 12.3. The van der Waals surface area contributed by atoms with Gasteiger partial charge < -0.3 is 4.98 Å². The number of benzene rings is 1. The Kier molecular flexibility index (Phi) is 7.05. The molecule has 3 heteroatoms. The SMILES string of the molecule is CCCCCCC(=O)c1ccc(C(CCC)c2ncc[nH]2)cc1. The minimum absolute atomic E-state index is 0.262. The highest BCUT2D eigenvalue weighted by Gasteiger charge is 2.16. The fourth-order valence-corrected chi connectivity index (χ4v) is 2.98. The van der Waals surface area contributed by atoms with Gasteiger partial charge in [-0.05, 0) is 18.4 Å². The third kappa shape index (κ3) is 5.05. The van der Waals surface area contributed by atoms with Crippen LogP contribution in [0, 0.1) is 0 Å². The molecule has 2 aromatic rings. The molecule has 0 bridgehead atoms. The zero-order chi connectivity index (χ0) is 16.5. The van der Waals surface area contributed by atoms with Gasteiger partial charge >= 0.3 is 0 Å². The first-order valence-corrected chi connectivity index (χ1v) is 8.88. The molecule has 124 valence electrons. The molecule has 0 fully saturated rings. The minimum Gasteiger partial charge on any atom is -0.348 e. The Labute approximate surface area is 139 Å². The third-order valence-electron chi connectivity index (χ3n) is 4.32. The Morgan fingerprint density at radius 3 is 2.48 bits per heavy atom. The highest BCUT2D eigenvalue weighted by atomic mass is 16.1. The van der Waals surface area contributed by atoms with Crippen molar-refractivity contribution < 1.29 is 4.79 Å². The molecule has 1 N–H and O–H groups in total. The molecule has 1 atom stereocenters. The van der Waals surface area contributed by atoms with Crippen LogP contribution < -0.4 is 0 Å². The van der Waals surface area contributed by atoms with Crippen molar-refractivity contribution in [1.82, 2.24) is 9.97 Å². The summed E-state index contributed by atoms with van der Waals surface area (Å²) < 4.78 is 0. The molecular formula is C20H28N2O. The first-order valence-electron chi connectivity index (χ1n) is 8.88. The van der Waals surface area contributed by atoms with Crippen LogP contribution in [0.15, 0.2) is 36.7 Å². The summed E-state index contributed by atoms with van der Waals surface area (Å²) in [5, 5.41) is 0. The van der Waals surface area contributed by atoms with Crippen molar-refractivity contribution in [2.45, 2.75) is 64.7 Å². The molecule has 1 aromatic carbocycles. The summed E-state index contributed by atoms with van der Waals surface area (Å²) in [5.74, 6) is 1.55. The van der Waals surface area contributed by atoms with Crippen LogP contribution in [0.1, 0.15) is 86.5 Å². The van der Waals surface area contributed by atoms with Crippen LogP contribution in [0.25, 0.3) is 0 Å². The van der Waals surface area contributed by atoms with Crippen LogP contribution in [0.5, 0.6) is 0 Å². The number of hydrogen-bond donors (Lipinski definition) is 1. The number of aromatic amines is 1. The molecule has 1 unspecified atom stereocenters. The van der Waals surface area contributed by atoms with Crippen LogP contribution >= 0.6 is 0 Å². The standard InChI is InChI=1S/C20H28N2O/c1-3-5-6-7-9-19(23)17-12-10-16(11-13-17)18(8-4-2)20-21-14-15-22-20/h10-15,18H,3-9H2,1-2H3,(H,21,22). The van der Waals surface area contributed by atoms with E-state index in [2.05, 4.69) is 35.9 Å². The Morgan fingerprint density at radius 1 is 1.09 bits per heavy atom. The molecule has 0 amide bonds. The Morgan fingerprint density at radius 2 is 1.87 bits per heavy atom. The van der Waals surface area contributed by atoms with Gasteiger partial charge in [-0.15, -0.1) is 0 Å². The van der Waals surface area contributed by atoms with Crippen LogP contribution in [0.2, 0.25) is 0 Å². The van der Waals surface area contributed by atoms with Crippen molar-refractivity contribution >= 4 is 5.78 Å². The Bertz CT molecular complexity index is 572. The molecule has 0 saturated carbocycles. The van der Waals surface area contributed by atoms with Crippen molar-refractivity contribution in [2.75, 3.05) is 0 Å². The van der Waals surface area contributed by atoms with Crippen LogP contribution in [-0.2, 0) is 0 Å². The number of carbonyl (C=O) groups is 1. The van der Waals surface area contributed by atoms with Crippen molar-refractivity contribution in [3.05, 3.63) is 53.6 Å². The molecule has 0 aliphatic heterocycles. The lowest BCUT2D eigenvalue weighted by molar-refractivity contribution is 0.0979. The topological polar surface area (TPSA) is 45.8 Å². The number of hydrogen-bond acceptors (Lipinski definition) is 2. The molecule has 3 nitrogen and oxygen atoms in total. The lowest BCUT2D eigenvalue weighted by Gasteiger charge is -2.14. The van der Waals surface area contributed by atoms with Gasteiger partial charge in [-0.3, -0.25) is 4.79 Å². The van der Waals surface area contributed by atoms with E-state index >= 15 is 0 Å². The maximum Gasteiger partial charge on any atom is 0.162 e. The van der Waals surface area contributed by atoms with E-state index in [1.165, 1.54) is 18.4 Å². The second-order valence-electron chi connectivity index (χ2n) is 6.17. The van der Waals surface area contributed by atoms with Gasteiger partial charge in [0, 0.05) is 30.3 Å². The van der Waals surface area contributed by atoms with Crippen molar-refractivity contribution in [3.63, 3.8) is 0 Å². The number of Topliss-reactive ketones (excluding diaryl/α,β-unsaturated/α-hetero) is 1. The molecule has 0 aliphatic rings. The van der Waals surface area contributed by atoms with Crippen molar-refractivity contribution in [2.24, 2.45) is 0 Å². The quantitative estimate of drug-likeness (QED) is 0.465. The fourth-order valence-electron chi connectivity index (χ4n) is 2.98. The third-order valence-corrected chi connectivity index (χ3v) is 4.32. The van der Waals surface area contributed by atoms with Crippen molar-refractivity contribution in [3.8, 4) is 0 Å². The Balaban J connectivity index is 2.01. The molecular weight excluding hydrogens is 284 g/mol. The number of H-pyrrole nitrogens is 1. The van der Waals surface area contributed by atoms with Gasteiger partial charge in [-0.25, -0.2) is 4.98 Å². The van der Waals surface area contributed by atoms with E-state index in [-0.39, 0.29) is 11.7 Å². The number of imidazole rings is 1. The van der Waals surface area contributed by atoms with Gasteiger partial charge in [0.1, 0.15) is 5.82 Å². The van der Waals surface area contributed by atoms with Crippen LogP contribution in [-0.4, -0.2) is 15.8 Å². The number of nitrogens with zero attached hydrogens (tertiary/aromatic N) is 1. The van der Waals surface area contributed by atoms with E-state index in [0.717, 1.165) is 37.1 Å². The van der Waals surface area contributed by atoms with Crippen molar-refractivity contribution in [1.29, 1.82) is 0 Å². The average Bonchev–Trinajstić information content (AvgIpc) is 3.11. The van der Waals surface area contributed by atoms with Gasteiger partial charge in [-0.1, -0.05) is 63.8 Å². The van der Waals surface area contributed by atoms with Gasteiger partial charge in [0.25, 0.3) is 0 Å². The van der Waals surface area contributed by atoms with Crippen LogP contribution in [0.4, 0.5) is 0 Å². The monoisotopic (exact) mass is 312 g/mol. The number of rotatable bonds is 10. The van der Waals surface area contributed by atoms with E-state index in [4.69, 9.17) is 0 Å². The summed E-state index contributed by atoms with van der Waals surface area (Å²) in [4.78, 5) is 19.8. The largest absolute Gasteiger partial charge is 0.348 e. The van der Waals surface area contributed by atoms with E-state index < -0.39 is 0 Å². The number of nitrogens with one attached hydrogen (secondary N) is 1. The first-order chi connectivity index (χ1) is 11.3. The number of unbranched alkanes of at least 4 members (excludes halogenated alkanes) is 3. The summed E-state index contributed by atoms with van der Waals surface area (Å²) in [6.07, 6.45) is 11.1. The van der Waals surface area contributed by atoms with E-state index in [9.17, 15) is 4.79 Å². The maximum atomic E-state index is 12.2. The van der Waals surface area contributed by atoms with Crippen LogP contribution in [0.3, 0.4) is 0 Å². The number of ketones is 1. The molecule has 1 heterocycles. The van der Waals surface area contributed by atoms with E-state index in [1.807, 2.05) is 18.3 Å². The Hall–Kier alpha value is -1.90. The molecule has 0 aliphatic carbocycles. The van der Waals surface area contributed by atoms with Gasteiger partial charge in [-0.2, -0.15) is 0 Å². The summed E-state index contributed by atoms with van der Waals surface area (Å²) in [5.41, 5.74) is 2.06. The summed E-state index contributed by atoms with van der Waals surface area (Å²) in [7, 11) is 0. The van der Waals surface area contributed by atoms with E-state index in [0.29, 0.717) is 6.42 Å². The smallest absolute Gasteiger partial charge is 0.162 e. The summed E-state index contributed by atoms with van der Waals surface area (Å²) >= 11 is 0. The summed E-state index contributed by atoms with van der Waals surface area (Å²) in [6.45, 7) is 4.37. The van der Waals surface area contributed by atoms with Gasteiger partial charge in [0.2, 0.25) is 0 Å². The lowest BCUT2D eigenvalue weighted by atomic mass is 9.92. The predicted octanol–water partition coefficient (Wildman–Crippen LogP) is 5.49. The maximum absolute atomic E-state index is 12.2. The fraction of sp³-hybridized carbons (Fsp3) is 0.500.